The van der Waals surface area contributed by atoms with Gasteiger partial charge >= 0.3 is 0 Å². The van der Waals surface area contributed by atoms with E-state index in [0.717, 1.165) is 33.4 Å². The Morgan fingerprint density at radius 2 is 0.562 bits per heavy atom. The minimum Gasteiger partial charge on any atom is -0.491 e. The second kappa shape index (κ2) is 21.0. The number of hydrogen-bond donors (Lipinski definition) is 0. The van der Waals surface area contributed by atoms with Crippen LogP contribution in [0.2, 0.25) is 0 Å². The predicted octanol–water partition coefficient (Wildman–Crippen LogP) is 9.31. The summed E-state index contributed by atoms with van der Waals surface area (Å²) in [6.45, 7) is 10.4. The van der Waals surface area contributed by atoms with Crippen molar-refractivity contribution in [3.05, 3.63) is 179 Å². The van der Waals surface area contributed by atoms with Crippen molar-refractivity contribution in [1.82, 2.24) is 0 Å². The summed E-state index contributed by atoms with van der Waals surface area (Å²) < 4.78 is 111. The van der Waals surface area contributed by atoms with Gasteiger partial charge in [-0.1, -0.05) is 89.5 Å². The lowest BCUT2D eigenvalue weighted by Gasteiger charge is -2.21. The van der Waals surface area contributed by atoms with Crippen LogP contribution in [0.25, 0.3) is 0 Å². The highest BCUT2D eigenvalue weighted by molar-refractivity contribution is 7.87. The van der Waals surface area contributed by atoms with E-state index in [4.69, 9.17) is 26.8 Å². The molecule has 0 aromatic heterocycles. The molecule has 0 fully saturated rings. The lowest BCUT2D eigenvalue weighted by molar-refractivity contribution is 0.148. The molecule has 0 radical (unpaired) electrons. The van der Waals surface area contributed by atoms with E-state index < -0.39 is 48.7 Å². The first-order chi connectivity index (χ1) is 30.4. The minimum absolute atomic E-state index is 0.0140. The summed E-state index contributed by atoms with van der Waals surface area (Å²) in [7, 11) is -11.9. The van der Waals surface area contributed by atoms with Crippen LogP contribution < -0.4 is 14.2 Å². The molecule has 64 heavy (non-hydrogen) atoms. The smallest absolute Gasteiger partial charge is 0.297 e. The molecule has 3 atom stereocenters. The number of benzene rings is 6. The molecule has 0 aliphatic rings. The van der Waals surface area contributed by atoms with E-state index in [2.05, 4.69) is 0 Å². The summed E-state index contributed by atoms with van der Waals surface area (Å²) >= 11 is 0. The molecule has 6 aromatic carbocycles. The fraction of sp³-hybridized carbons (Fsp3) is 0.265. The van der Waals surface area contributed by atoms with Crippen molar-refractivity contribution >= 4 is 30.4 Å². The monoisotopic (exact) mass is 928 g/mol. The molecule has 0 aliphatic carbocycles. The second-order valence-corrected chi connectivity index (χ2v) is 20.3. The van der Waals surface area contributed by atoms with E-state index >= 15 is 0 Å². The fourth-order valence-electron chi connectivity index (χ4n) is 6.50. The van der Waals surface area contributed by atoms with Crippen LogP contribution in [0.4, 0.5) is 0 Å². The molecule has 12 nitrogen and oxygen atoms in total. The van der Waals surface area contributed by atoms with E-state index in [0.29, 0.717) is 17.2 Å². The normalized spacial score (nSPS) is 14.0. The predicted molar refractivity (Wildman–Crippen MR) is 243 cm³/mol. The van der Waals surface area contributed by atoms with Gasteiger partial charge in [0.15, 0.2) is 0 Å². The number of rotatable bonds is 21. The number of aryl methyl sites for hydroxylation is 3. The van der Waals surface area contributed by atoms with Gasteiger partial charge in [0.05, 0.1) is 14.7 Å². The van der Waals surface area contributed by atoms with Crippen molar-refractivity contribution in [3.63, 3.8) is 0 Å². The highest BCUT2D eigenvalue weighted by Crippen LogP contribution is 2.35. The summed E-state index contributed by atoms with van der Waals surface area (Å²) in [5, 5.41) is 0. The quantitative estimate of drug-likeness (QED) is 0.0499. The molecule has 0 saturated carbocycles. The Morgan fingerprint density at radius 1 is 0.344 bits per heavy atom. The van der Waals surface area contributed by atoms with Crippen molar-refractivity contribution in [2.24, 2.45) is 0 Å². The van der Waals surface area contributed by atoms with Gasteiger partial charge in [0, 0.05) is 5.92 Å². The van der Waals surface area contributed by atoms with Crippen molar-refractivity contribution in [1.29, 1.82) is 0 Å². The minimum atomic E-state index is -3.98. The first-order valence-corrected chi connectivity index (χ1v) is 24.8. The molecule has 6 aromatic rings. The first-order valence-electron chi connectivity index (χ1n) is 20.5. The lowest BCUT2D eigenvalue weighted by atomic mass is 9.85. The molecule has 6 rings (SSSR count). The van der Waals surface area contributed by atoms with E-state index in [9.17, 15) is 25.3 Å². The average Bonchev–Trinajstić information content (AvgIpc) is 3.25. The lowest BCUT2D eigenvalue weighted by Crippen LogP contribution is -2.22. The summed E-state index contributed by atoms with van der Waals surface area (Å²) in [5.41, 5.74) is 5.53. The van der Waals surface area contributed by atoms with Crippen LogP contribution in [0.1, 0.15) is 60.1 Å². The fourth-order valence-corrected chi connectivity index (χ4v) is 9.71. The Balaban J connectivity index is 1.14. The van der Waals surface area contributed by atoms with Gasteiger partial charge in [-0.05, 0) is 131 Å². The Bertz CT molecular complexity index is 2470. The number of hydrogen-bond acceptors (Lipinski definition) is 12. The molecule has 0 aliphatic heterocycles. The molecule has 338 valence electrons. The molecule has 15 heteroatoms. The molecule has 0 N–H and O–H groups in total. The molecular weight excluding hydrogens is 877 g/mol. The highest BCUT2D eigenvalue weighted by atomic mass is 32.2. The van der Waals surface area contributed by atoms with Crippen molar-refractivity contribution in [3.8, 4) is 17.2 Å². The number of ether oxygens (including phenoxy) is 3. The van der Waals surface area contributed by atoms with Gasteiger partial charge in [-0.2, -0.15) is 25.3 Å². The van der Waals surface area contributed by atoms with Crippen molar-refractivity contribution < 1.29 is 52.0 Å². The van der Waals surface area contributed by atoms with E-state index in [1.54, 1.807) is 93.6 Å². The molecule has 0 amide bonds. The Labute approximate surface area is 377 Å². The van der Waals surface area contributed by atoms with Gasteiger partial charge in [0.25, 0.3) is 30.4 Å². The molecule has 3 unspecified atom stereocenters. The first kappa shape index (κ1) is 47.9. The molecule has 0 heterocycles. The summed E-state index contributed by atoms with van der Waals surface area (Å²) in [4.78, 5) is 0.209. The molecule has 0 spiro atoms. The van der Waals surface area contributed by atoms with Gasteiger partial charge in [-0.15, -0.1) is 0 Å². The van der Waals surface area contributed by atoms with Gasteiger partial charge in [-0.25, -0.2) is 0 Å². The third-order valence-corrected chi connectivity index (χ3v) is 14.2. The maximum absolute atomic E-state index is 12.8. The topological polar surface area (TPSA) is 158 Å². The van der Waals surface area contributed by atoms with Crippen LogP contribution >= 0.6 is 0 Å². The SMILES string of the molecule is Cc1ccc(S(=O)(=O)OC(C)COc2ccc(C(c3ccc(OCC(C)OS(=O)(=O)c4ccc(C)cc4)cc3)c3ccc(OCC(C)OS(=O)(=O)c4ccc(C)cc4)cc3)cc2)cc1. The van der Waals surface area contributed by atoms with E-state index in [-0.39, 0.29) is 40.4 Å². The van der Waals surface area contributed by atoms with Crippen LogP contribution in [-0.2, 0) is 42.9 Å². The average molecular weight is 929 g/mol. The zero-order valence-electron chi connectivity index (χ0n) is 36.4. The standard InChI is InChI=1S/C49H52O12S3/c1-34-7-25-46(26-8-34)62(50,51)59-37(4)31-56-43-19-13-40(14-20-43)49(41-15-21-44(22-16-41)57-32-38(5)60-63(52,53)47-27-9-35(2)10-28-47)42-17-23-45(24-18-42)58-33-39(6)61-64(54,55)48-29-11-36(3)12-30-48/h7-30,37-39,49H,31-33H2,1-6H3. The molecule has 0 saturated heterocycles. The largest absolute Gasteiger partial charge is 0.491 e. The van der Waals surface area contributed by atoms with Gasteiger partial charge < -0.3 is 14.2 Å². The van der Waals surface area contributed by atoms with Crippen LogP contribution in [0.3, 0.4) is 0 Å². The van der Waals surface area contributed by atoms with Crippen LogP contribution in [0.15, 0.2) is 160 Å². The third-order valence-electron chi connectivity index (χ3n) is 9.90. The van der Waals surface area contributed by atoms with Gasteiger partial charge in [0.2, 0.25) is 0 Å². The third kappa shape index (κ3) is 13.3. The molecule has 0 bridgehead atoms. The Hall–Kier alpha value is -5.55. The van der Waals surface area contributed by atoms with Gasteiger partial charge in [0.1, 0.15) is 55.4 Å². The van der Waals surface area contributed by atoms with Crippen molar-refractivity contribution in [2.75, 3.05) is 19.8 Å². The van der Waals surface area contributed by atoms with Crippen LogP contribution in [-0.4, -0.2) is 63.4 Å². The second-order valence-electron chi connectivity index (χ2n) is 15.6. The van der Waals surface area contributed by atoms with Crippen molar-refractivity contribution in [2.45, 2.75) is 80.5 Å². The Kier molecular flexibility index (Phi) is 15.7. The van der Waals surface area contributed by atoms with Gasteiger partial charge in [-0.3, -0.25) is 12.5 Å². The zero-order chi connectivity index (χ0) is 46.1. The maximum atomic E-state index is 12.8. The highest BCUT2D eigenvalue weighted by Gasteiger charge is 2.23. The van der Waals surface area contributed by atoms with Crippen LogP contribution in [0.5, 0.6) is 17.2 Å². The van der Waals surface area contributed by atoms with Crippen LogP contribution in [0, 0.1) is 20.8 Å². The zero-order valence-corrected chi connectivity index (χ0v) is 38.9. The molecular formula is C49H52O12S3. The van der Waals surface area contributed by atoms with E-state index in [1.807, 2.05) is 57.2 Å². The summed E-state index contributed by atoms with van der Waals surface area (Å²) in [6, 6.07) is 41.6. The summed E-state index contributed by atoms with van der Waals surface area (Å²) in [6.07, 6.45) is -2.29. The van der Waals surface area contributed by atoms with E-state index in [1.165, 1.54) is 36.4 Å². The maximum Gasteiger partial charge on any atom is 0.297 e. The Morgan fingerprint density at radius 3 is 0.781 bits per heavy atom. The summed E-state index contributed by atoms with van der Waals surface area (Å²) in [5.74, 6) is 1.25.